The highest BCUT2D eigenvalue weighted by Crippen LogP contribution is 2.39. The number of hydrogen-bond donors (Lipinski definition) is 0. The van der Waals surface area contributed by atoms with Crippen LogP contribution in [0.3, 0.4) is 0 Å². The van der Waals surface area contributed by atoms with Crippen LogP contribution < -0.4 is 19.8 Å². The van der Waals surface area contributed by atoms with E-state index in [-0.39, 0.29) is 0 Å². The van der Waals surface area contributed by atoms with Gasteiger partial charge in [0.05, 0.1) is 13.2 Å². The van der Waals surface area contributed by atoms with Gasteiger partial charge in [0.25, 0.3) is 0 Å². The number of aryl methyl sites for hydroxylation is 2. The zero-order chi connectivity index (χ0) is 26.3. The van der Waals surface area contributed by atoms with Crippen LogP contribution in [-0.2, 0) is 17.7 Å². The molecule has 0 N–H and O–H groups in total. The van der Waals surface area contributed by atoms with Crippen molar-refractivity contribution in [2.75, 3.05) is 41.7 Å². The molecule has 2 aromatic rings. The summed E-state index contributed by atoms with van der Waals surface area (Å²) in [5.41, 5.74) is 4.20. The quantitative estimate of drug-likeness (QED) is 0.250. The Kier molecular flexibility index (Phi) is 10.2. The van der Waals surface area contributed by atoms with Crippen LogP contribution >= 0.6 is 0 Å². The maximum Gasteiger partial charge on any atom is 0.423 e. The number of rotatable bonds is 14. The Morgan fingerprint density at radius 1 is 0.556 bits per heavy atom. The fraction of sp³-hybridized carbons (Fsp3) is 0.571. The lowest BCUT2D eigenvalue weighted by Gasteiger charge is -2.45. The first-order valence-electron chi connectivity index (χ1n) is 13.2. The zero-order valence-electron chi connectivity index (χ0n) is 23.4. The average molecular weight is 533 g/mol. The Hall–Kier alpha value is -1.69. The third-order valence-electron chi connectivity index (χ3n) is 7.22. The molecule has 1 aliphatic rings. The molecule has 1 aliphatic heterocycles. The Balaban J connectivity index is 2.23. The number of fused-ring (bicyclic) bond motifs is 3. The fourth-order valence-electron chi connectivity index (χ4n) is 5.24. The van der Waals surface area contributed by atoms with Crippen LogP contribution in [0.25, 0.3) is 11.1 Å². The molecular formula is C28H44O6Si2. The van der Waals surface area contributed by atoms with Crippen LogP contribution in [0.1, 0.15) is 63.5 Å². The fourth-order valence-corrected chi connectivity index (χ4v) is 16.8. The molecule has 0 radical (unpaired) electrons. The monoisotopic (exact) mass is 532 g/mol. The zero-order valence-corrected chi connectivity index (χ0v) is 25.4. The summed E-state index contributed by atoms with van der Waals surface area (Å²) >= 11 is 0. The SMILES string of the molecule is CCCCCOc1cc2c(cc1C)[Si](OC)(OC)[Si](OC)(OC)c1cc(C)c(OCCCCC)cc1-2. The van der Waals surface area contributed by atoms with Gasteiger partial charge in [-0.2, -0.15) is 0 Å². The van der Waals surface area contributed by atoms with Gasteiger partial charge in [0.2, 0.25) is 0 Å². The van der Waals surface area contributed by atoms with E-state index in [4.69, 9.17) is 27.2 Å². The second-order valence-electron chi connectivity index (χ2n) is 9.49. The van der Waals surface area contributed by atoms with Crippen LogP contribution in [0, 0.1) is 13.8 Å². The summed E-state index contributed by atoms with van der Waals surface area (Å²) < 4.78 is 37.9. The first-order chi connectivity index (χ1) is 17.4. The lowest BCUT2D eigenvalue weighted by atomic mass is 10.0. The summed E-state index contributed by atoms with van der Waals surface area (Å²) in [6, 6.07) is 8.62. The first kappa shape index (κ1) is 28.9. The van der Waals surface area contributed by atoms with E-state index in [1.807, 2.05) is 0 Å². The Morgan fingerprint density at radius 3 is 1.22 bits per heavy atom. The van der Waals surface area contributed by atoms with Gasteiger partial charge in [-0.25, -0.2) is 0 Å². The summed E-state index contributed by atoms with van der Waals surface area (Å²) in [5.74, 6) is 1.78. The Morgan fingerprint density at radius 2 is 0.917 bits per heavy atom. The predicted molar refractivity (Wildman–Crippen MR) is 150 cm³/mol. The van der Waals surface area contributed by atoms with Gasteiger partial charge in [-0.1, -0.05) is 51.7 Å². The van der Waals surface area contributed by atoms with Crippen molar-refractivity contribution in [3.63, 3.8) is 0 Å². The maximum absolute atomic E-state index is 6.34. The molecule has 36 heavy (non-hydrogen) atoms. The molecule has 0 aliphatic carbocycles. The number of ether oxygens (including phenoxy) is 2. The summed E-state index contributed by atoms with van der Waals surface area (Å²) in [7, 11) is 0.543. The maximum atomic E-state index is 6.34. The third-order valence-corrected chi connectivity index (χ3v) is 19.3. The van der Waals surface area contributed by atoms with Gasteiger partial charge in [-0.05, 0) is 61.1 Å². The average Bonchev–Trinajstić information content (AvgIpc) is 2.89. The lowest BCUT2D eigenvalue weighted by Crippen LogP contribution is -2.82. The molecule has 1 heterocycles. The minimum Gasteiger partial charge on any atom is -0.493 e. The van der Waals surface area contributed by atoms with Gasteiger partial charge in [-0.3, -0.25) is 0 Å². The number of hydrogen-bond acceptors (Lipinski definition) is 6. The highest BCUT2D eigenvalue weighted by atomic mass is 29.3. The molecule has 200 valence electrons. The van der Waals surface area contributed by atoms with Crippen molar-refractivity contribution >= 4 is 26.5 Å². The van der Waals surface area contributed by atoms with E-state index < -0.39 is 16.2 Å². The molecule has 0 atom stereocenters. The predicted octanol–water partition coefficient (Wildman–Crippen LogP) is 5.08. The van der Waals surface area contributed by atoms with Crippen LogP contribution in [0.2, 0.25) is 0 Å². The summed E-state index contributed by atoms with van der Waals surface area (Å²) in [4.78, 5) is 0. The van der Waals surface area contributed by atoms with Crippen molar-refractivity contribution < 1.29 is 27.2 Å². The van der Waals surface area contributed by atoms with Gasteiger partial charge < -0.3 is 27.2 Å². The molecular weight excluding hydrogens is 488 g/mol. The summed E-state index contributed by atoms with van der Waals surface area (Å²) in [5, 5.41) is 2.05. The minimum atomic E-state index is -3.16. The van der Waals surface area contributed by atoms with E-state index in [0.717, 1.165) is 82.7 Å². The van der Waals surface area contributed by atoms with Crippen LogP contribution in [-0.4, -0.2) is 57.8 Å². The molecule has 8 heteroatoms. The summed E-state index contributed by atoms with van der Waals surface area (Å²) in [6.45, 7) is 9.96. The molecule has 0 unspecified atom stereocenters. The van der Waals surface area contributed by atoms with Gasteiger partial charge in [0.15, 0.2) is 0 Å². The van der Waals surface area contributed by atoms with Gasteiger partial charge >= 0.3 is 16.2 Å². The molecule has 2 aromatic carbocycles. The van der Waals surface area contributed by atoms with Gasteiger partial charge in [-0.15, -0.1) is 0 Å². The molecule has 0 aromatic heterocycles. The van der Waals surface area contributed by atoms with E-state index >= 15 is 0 Å². The van der Waals surface area contributed by atoms with Crippen molar-refractivity contribution in [1.29, 1.82) is 0 Å². The van der Waals surface area contributed by atoms with Gasteiger partial charge in [0.1, 0.15) is 11.5 Å². The molecule has 0 bridgehead atoms. The van der Waals surface area contributed by atoms with Crippen molar-refractivity contribution in [2.45, 2.75) is 66.2 Å². The summed E-state index contributed by atoms with van der Waals surface area (Å²) in [6.07, 6.45) is 6.72. The van der Waals surface area contributed by atoms with E-state index in [1.165, 1.54) is 0 Å². The van der Waals surface area contributed by atoms with E-state index in [2.05, 4.69) is 52.0 Å². The third kappa shape index (κ3) is 5.04. The minimum absolute atomic E-state index is 0.700. The van der Waals surface area contributed by atoms with Crippen LogP contribution in [0.4, 0.5) is 0 Å². The van der Waals surface area contributed by atoms with Crippen molar-refractivity contribution in [2.24, 2.45) is 0 Å². The second-order valence-corrected chi connectivity index (χ2v) is 18.6. The van der Waals surface area contributed by atoms with E-state index in [0.29, 0.717) is 13.2 Å². The molecule has 6 nitrogen and oxygen atoms in total. The van der Waals surface area contributed by atoms with E-state index in [9.17, 15) is 0 Å². The number of benzene rings is 2. The van der Waals surface area contributed by atoms with Crippen molar-refractivity contribution in [3.8, 4) is 22.6 Å². The first-order valence-corrected chi connectivity index (χ1v) is 17.8. The second kappa shape index (κ2) is 12.7. The highest BCUT2D eigenvalue weighted by Gasteiger charge is 2.70. The largest absolute Gasteiger partial charge is 0.493 e. The molecule has 3 rings (SSSR count). The molecule has 0 spiro atoms. The lowest BCUT2D eigenvalue weighted by molar-refractivity contribution is 0.219. The number of unbranched alkanes of at least 4 members (excludes halogenated alkanes) is 4. The topological polar surface area (TPSA) is 55.4 Å². The highest BCUT2D eigenvalue weighted by molar-refractivity contribution is 7.43. The smallest absolute Gasteiger partial charge is 0.423 e. The van der Waals surface area contributed by atoms with Crippen LogP contribution in [0.5, 0.6) is 11.5 Å². The molecule has 0 fully saturated rings. The Labute approximate surface area is 219 Å². The molecule has 0 amide bonds. The van der Waals surface area contributed by atoms with Crippen molar-refractivity contribution in [3.05, 3.63) is 35.4 Å². The van der Waals surface area contributed by atoms with Gasteiger partial charge in [0, 0.05) is 38.8 Å². The van der Waals surface area contributed by atoms with E-state index in [1.54, 1.807) is 28.4 Å². The molecule has 0 saturated heterocycles. The molecule has 0 saturated carbocycles. The van der Waals surface area contributed by atoms with Crippen molar-refractivity contribution in [1.82, 2.24) is 0 Å². The Bertz CT molecular complexity index is 936. The standard InChI is InChI=1S/C28H44O6Si2/c1-9-11-13-15-33-25-19-23-24-20-26(34-16-14-12-10-2)22(4)18-28(24)36(31-7,32-8)35(29-5,30-6)27(23)17-21(25)3/h17-20H,9-16H2,1-8H3. The normalized spacial score (nSPS) is 15.3. The van der Waals surface area contributed by atoms with Crippen LogP contribution in [0.15, 0.2) is 24.3 Å².